The highest BCUT2D eigenvalue weighted by Gasteiger charge is 2.17. The predicted octanol–water partition coefficient (Wildman–Crippen LogP) is 1.39. The van der Waals surface area contributed by atoms with Gasteiger partial charge in [-0.3, -0.25) is 9.59 Å². The molecule has 0 amide bonds. The van der Waals surface area contributed by atoms with Gasteiger partial charge in [-0.2, -0.15) is 0 Å². The molecule has 0 aliphatic heterocycles. The average Bonchev–Trinajstić information content (AvgIpc) is 2.16. The third kappa shape index (κ3) is 1.90. The van der Waals surface area contributed by atoms with E-state index in [4.69, 9.17) is 10.2 Å². The molecule has 0 saturated heterocycles. The minimum Gasteiger partial charge on any atom is -0.508 e. The molecule has 14 heavy (non-hydrogen) atoms. The Hall–Kier alpha value is -1.84. The summed E-state index contributed by atoms with van der Waals surface area (Å²) in [5.41, 5.74) is 0.616. The van der Waals surface area contributed by atoms with Crippen LogP contribution in [0, 0.1) is 0 Å². The third-order valence-electron chi connectivity index (χ3n) is 2.03. The van der Waals surface area contributed by atoms with Crippen LogP contribution in [0.2, 0.25) is 0 Å². The Morgan fingerprint density at radius 3 is 2.64 bits per heavy atom. The Balaban J connectivity index is 3.23. The van der Waals surface area contributed by atoms with E-state index >= 15 is 0 Å². The SMILES string of the molecule is CC(C(=O)O)c1cc(O)ccc1C=O. The highest BCUT2D eigenvalue weighted by molar-refractivity contribution is 5.84. The Labute approximate surface area is 80.8 Å². The number of carbonyl (C=O) groups is 2. The van der Waals surface area contributed by atoms with Crippen molar-refractivity contribution in [1.29, 1.82) is 0 Å². The van der Waals surface area contributed by atoms with E-state index in [1.165, 1.54) is 25.1 Å². The number of carboxylic acids is 1. The Morgan fingerprint density at radius 1 is 1.50 bits per heavy atom. The largest absolute Gasteiger partial charge is 0.508 e. The summed E-state index contributed by atoms with van der Waals surface area (Å²) in [5, 5.41) is 17.9. The number of rotatable bonds is 3. The normalized spacial score (nSPS) is 12.1. The van der Waals surface area contributed by atoms with E-state index in [-0.39, 0.29) is 11.3 Å². The fourth-order valence-electron chi connectivity index (χ4n) is 1.18. The molecule has 0 radical (unpaired) electrons. The van der Waals surface area contributed by atoms with Crippen molar-refractivity contribution in [2.24, 2.45) is 0 Å². The second-order valence-corrected chi connectivity index (χ2v) is 2.99. The van der Waals surface area contributed by atoms with Crippen LogP contribution in [-0.2, 0) is 4.79 Å². The number of benzene rings is 1. The number of phenols is 1. The molecule has 1 unspecified atom stereocenters. The quantitative estimate of drug-likeness (QED) is 0.713. The maximum Gasteiger partial charge on any atom is 0.310 e. The van der Waals surface area contributed by atoms with Crippen molar-refractivity contribution in [3.05, 3.63) is 29.3 Å². The fraction of sp³-hybridized carbons (Fsp3) is 0.200. The van der Waals surface area contributed by atoms with Crippen molar-refractivity contribution < 1.29 is 19.8 Å². The van der Waals surface area contributed by atoms with Crippen LogP contribution in [0.4, 0.5) is 0 Å². The minimum absolute atomic E-state index is 0.0429. The van der Waals surface area contributed by atoms with Gasteiger partial charge in [0.05, 0.1) is 5.92 Å². The van der Waals surface area contributed by atoms with E-state index in [1.54, 1.807) is 0 Å². The lowest BCUT2D eigenvalue weighted by atomic mass is 9.96. The van der Waals surface area contributed by atoms with Crippen LogP contribution in [0.1, 0.15) is 28.8 Å². The number of hydrogen-bond acceptors (Lipinski definition) is 3. The van der Waals surface area contributed by atoms with Crippen LogP contribution in [0.3, 0.4) is 0 Å². The van der Waals surface area contributed by atoms with Crippen molar-refractivity contribution in [2.75, 3.05) is 0 Å². The monoisotopic (exact) mass is 194 g/mol. The third-order valence-corrected chi connectivity index (χ3v) is 2.03. The first-order valence-electron chi connectivity index (χ1n) is 4.07. The van der Waals surface area contributed by atoms with Gasteiger partial charge in [0, 0.05) is 5.56 Å². The van der Waals surface area contributed by atoms with Crippen LogP contribution in [0.5, 0.6) is 5.75 Å². The lowest BCUT2D eigenvalue weighted by Gasteiger charge is -2.09. The zero-order chi connectivity index (χ0) is 10.7. The van der Waals surface area contributed by atoms with Gasteiger partial charge in [-0.1, -0.05) is 0 Å². The number of aldehydes is 1. The van der Waals surface area contributed by atoms with Gasteiger partial charge in [-0.25, -0.2) is 0 Å². The van der Waals surface area contributed by atoms with Gasteiger partial charge >= 0.3 is 5.97 Å². The first-order chi connectivity index (χ1) is 6.56. The molecule has 1 rings (SSSR count). The first-order valence-corrected chi connectivity index (χ1v) is 4.07. The van der Waals surface area contributed by atoms with E-state index in [2.05, 4.69) is 0 Å². The molecular weight excluding hydrogens is 184 g/mol. The van der Waals surface area contributed by atoms with Crippen LogP contribution < -0.4 is 0 Å². The molecule has 1 aromatic carbocycles. The van der Waals surface area contributed by atoms with E-state index in [0.29, 0.717) is 11.8 Å². The molecule has 0 saturated carbocycles. The van der Waals surface area contributed by atoms with Gasteiger partial charge in [0.15, 0.2) is 0 Å². The molecule has 0 aliphatic carbocycles. The summed E-state index contributed by atoms with van der Waals surface area (Å²) < 4.78 is 0. The smallest absolute Gasteiger partial charge is 0.310 e. The van der Waals surface area contributed by atoms with Crippen molar-refractivity contribution in [3.63, 3.8) is 0 Å². The van der Waals surface area contributed by atoms with Gasteiger partial charge in [-0.05, 0) is 30.7 Å². The second-order valence-electron chi connectivity index (χ2n) is 2.99. The zero-order valence-electron chi connectivity index (χ0n) is 7.60. The summed E-state index contributed by atoms with van der Waals surface area (Å²) in [6.07, 6.45) is 0.578. The van der Waals surface area contributed by atoms with Crippen molar-refractivity contribution in [1.82, 2.24) is 0 Å². The summed E-state index contributed by atoms with van der Waals surface area (Å²) >= 11 is 0. The highest BCUT2D eigenvalue weighted by atomic mass is 16.4. The van der Waals surface area contributed by atoms with E-state index in [1.807, 2.05) is 0 Å². The molecule has 1 atom stereocenters. The maximum atomic E-state index is 10.7. The summed E-state index contributed by atoms with van der Waals surface area (Å²) in [5.74, 6) is -1.88. The van der Waals surface area contributed by atoms with Gasteiger partial charge in [-0.15, -0.1) is 0 Å². The van der Waals surface area contributed by atoms with Gasteiger partial charge in [0.1, 0.15) is 12.0 Å². The van der Waals surface area contributed by atoms with E-state index < -0.39 is 11.9 Å². The Morgan fingerprint density at radius 2 is 2.14 bits per heavy atom. The summed E-state index contributed by atoms with van der Waals surface area (Å²) in [4.78, 5) is 21.3. The standard InChI is InChI=1S/C10H10O4/c1-6(10(13)14)9-4-8(12)3-2-7(9)5-11/h2-6,12H,1H3,(H,13,14). The zero-order valence-corrected chi connectivity index (χ0v) is 7.60. The molecule has 0 aliphatic rings. The molecular formula is C10H10O4. The molecule has 0 bridgehead atoms. The van der Waals surface area contributed by atoms with Crippen LogP contribution in [-0.4, -0.2) is 22.5 Å². The Kier molecular flexibility index (Phi) is 2.86. The lowest BCUT2D eigenvalue weighted by Crippen LogP contribution is -2.09. The lowest BCUT2D eigenvalue weighted by molar-refractivity contribution is -0.138. The minimum atomic E-state index is -1.03. The molecule has 1 aromatic rings. The van der Waals surface area contributed by atoms with Crippen molar-refractivity contribution >= 4 is 12.3 Å². The summed E-state index contributed by atoms with van der Waals surface area (Å²) in [6, 6.07) is 4.04. The van der Waals surface area contributed by atoms with Gasteiger partial charge < -0.3 is 10.2 Å². The number of hydrogen-bond donors (Lipinski definition) is 2. The average molecular weight is 194 g/mol. The molecule has 0 aromatic heterocycles. The van der Waals surface area contributed by atoms with Crippen molar-refractivity contribution in [2.45, 2.75) is 12.8 Å². The Bertz CT molecular complexity index is 370. The highest BCUT2D eigenvalue weighted by Crippen LogP contribution is 2.23. The fourth-order valence-corrected chi connectivity index (χ4v) is 1.18. The van der Waals surface area contributed by atoms with Crippen LogP contribution in [0.15, 0.2) is 18.2 Å². The first kappa shape index (κ1) is 10.2. The molecule has 4 heteroatoms. The maximum absolute atomic E-state index is 10.7. The topological polar surface area (TPSA) is 74.6 Å². The molecule has 0 heterocycles. The molecule has 74 valence electrons. The molecule has 2 N–H and O–H groups in total. The van der Waals surface area contributed by atoms with E-state index in [9.17, 15) is 9.59 Å². The molecule has 4 nitrogen and oxygen atoms in total. The number of aromatic hydroxyl groups is 1. The van der Waals surface area contributed by atoms with Crippen LogP contribution >= 0.6 is 0 Å². The number of aliphatic carboxylic acids is 1. The van der Waals surface area contributed by atoms with E-state index in [0.717, 1.165) is 0 Å². The number of carboxylic acid groups (broad SMARTS) is 1. The van der Waals surface area contributed by atoms with Crippen molar-refractivity contribution in [3.8, 4) is 5.75 Å². The van der Waals surface area contributed by atoms with Gasteiger partial charge in [0.25, 0.3) is 0 Å². The van der Waals surface area contributed by atoms with Crippen LogP contribution in [0.25, 0.3) is 0 Å². The summed E-state index contributed by atoms with van der Waals surface area (Å²) in [6.45, 7) is 1.46. The van der Waals surface area contributed by atoms with Gasteiger partial charge in [0.2, 0.25) is 0 Å². The molecule has 0 spiro atoms. The molecule has 0 fully saturated rings. The number of phenolic OH excluding ortho intramolecular Hbond substituents is 1. The summed E-state index contributed by atoms with van der Waals surface area (Å²) in [7, 11) is 0. The second kappa shape index (κ2) is 3.91. The predicted molar refractivity (Wildman–Crippen MR) is 49.5 cm³/mol. The number of carbonyl (C=O) groups excluding carboxylic acids is 1.